The molecule has 0 saturated carbocycles. The van der Waals surface area contributed by atoms with Gasteiger partial charge >= 0.3 is 0 Å². The molecule has 1 aromatic heterocycles. The highest BCUT2D eigenvalue weighted by Crippen LogP contribution is 2.22. The Kier molecular flexibility index (Phi) is 2.97. The Labute approximate surface area is 103 Å². The van der Waals surface area contributed by atoms with Crippen molar-refractivity contribution in [2.45, 2.75) is 33.1 Å². The SMILES string of the molecule is Cc1cccc(-c2cnc(C(C)(C)C)cn2)c1. The van der Waals surface area contributed by atoms with E-state index in [1.807, 2.05) is 18.5 Å². The molecular weight excluding hydrogens is 208 g/mol. The third kappa shape index (κ3) is 2.70. The molecule has 0 radical (unpaired) electrons. The third-order valence-electron chi connectivity index (χ3n) is 2.73. The van der Waals surface area contributed by atoms with Gasteiger partial charge in [-0.3, -0.25) is 9.97 Å². The molecule has 17 heavy (non-hydrogen) atoms. The van der Waals surface area contributed by atoms with E-state index in [1.54, 1.807) is 0 Å². The van der Waals surface area contributed by atoms with Gasteiger partial charge in [-0.2, -0.15) is 0 Å². The molecule has 88 valence electrons. The molecule has 0 unspecified atom stereocenters. The first-order valence-corrected chi connectivity index (χ1v) is 5.86. The maximum atomic E-state index is 4.49. The van der Waals surface area contributed by atoms with E-state index in [0.717, 1.165) is 17.0 Å². The van der Waals surface area contributed by atoms with Gasteiger partial charge in [0.1, 0.15) is 0 Å². The maximum absolute atomic E-state index is 4.49. The van der Waals surface area contributed by atoms with Crippen molar-refractivity contribution in [3.05, 3.63) is 47.9 Å². The minimum atomic E-state index is 0.0537. The Morgan fingerprint density at radius 3 is 2.29 bits per heavy atom. The summed E-state index contributed by atoms with van der Waals surface area (Å²) in [5.74, 6) is 0. The quantitative estimate of drug-likeness (QED) is 0.740. The van der Waals surface area contributed by atoms with Gasteiger partial charge in [0.05, 0.1) is 17.6 Å². The van der Waals surface area contributed by atoms with Gasteiger partial charge in [-0.1, -0.05) is 44.5 Å². The first-order valence-electron chi connectivity index (χ1n) is 5.86. The zero-order valence-corrected chi connectivity index (χ0v) is 10.9. The van der Waals surface area contributed by atoms with Gasteiger partial charge < -0.3 is 0 Å². The second-order valence-electron chi connectivity index (χ2n) is 5.41. The van der Waals surface area contributed by atoms with Gasteiger partial charge in [-0.25, -0.2) is 0 Å². The fourth-order valence-electron chi connectivity index (χ4n) is 1.67. The van der Waals surface area contributed by atoms with Gasteiger partial charge in [0, 0.05) is 17.2 Å². The van der Waals surface area contributed by atoms with Crippen molar-refractivity contribution in [2.24, 2.45) is 0 Å². The van der Waals surface area contributed by atoms with E-state index in [1.165, 1.54) is 5.56 Å². The van der Waals surface area contributed by atoms with E-state index < -0.39 is 0 Å². The van der Waals surface area contributed by atoms with Crippen LogP contribution in [0.2, 0.25) is 0 Å². The van der Waals surface area contributed by atoms with Crippen LogP contribution in [-0.4, -0.2) is 9.97 Å². The first kappa shape index (κ1) is 11.8. The molecule has 0 N–H and O–H groups in total. The fraction of sp³-hybridized carbons (Fsp3) is 0.333. The molecule has 0 saturated heterocycles. The summed E-state index contributed by atoms with van der Waals surface area (Å²) in [6.07, 6.45) is 3.73. The summed E-state index contributed by atoms with van der Waals surface area (Å²) in [4.78, 5) is 8.99. The van der Waals surface area contributed by atoms with Crippen LogP contribution in [0, 0.1) is 6.92 Å². The van der Waals surface area contributed by atoms with Crippen LogP contribution < -0.4 is 0 Å². The molecule has 0 amide bonds. The van der Waals surface area contributed by atoms with E-state index in [0.29, 0.717) is 0 Å². The second-order valence-corrected chi connectivity index (χ2v) is 5.41. The lowest BCUT2D eigenvalue weighted by molar-refractivity contribution is 0.566. The number of rotatable bonds is 1. The number of aromatic nitrogens is 2. The van der Waals surface area contributed by atoms with Gasteiger partial charge in [0.15, 0.2) is 0 Å². The van der Waals surface area contributed by atoms with Crippen LogP contribution in [0.3, 0.4) is 0 Å². The molecule has 0 atom stereocenters. The predicted molar refractivity (Wildman–Crippen MR) is 70.9 cm³/mol. The minimum Gasteiger partial charge on any atom is -0.257 e. The monoisotopic (exact) mass is 226 g/mol. The molecule has 2 heteroatoms. The van der Waals surface area contributed by atoms with Gasteiger partial charge in [-0.05, 0) is 13.0 Å². The second kappa shape index (κ2) is 4.28. The maximum Gasteiger partial charge on any atom is 0.0885 e. The Bertz CT molecular complexity index is 507. The van der Waals surface area contributed by atoms with Crippen molar-refractivity contribution in [2.75, 3.05) is 0 Å². The van der Waals surface area contributed by atoms with Gasteiger partial charge in [0.2, 0.25) is 0 Å². The molecular formula is C15H18N2. The molecule has 1 heterocycles. The lowest BCUT2D eigenvalue weighted by atomic mass is 9.92. The zero-order chi connectivity index (χ0) is 12.5. The van der Waals surface area contributed by atoms with Crippen molar-refractivity contribution < 1.29 is 0 Å². The normalized spacial score (nSPS) is 11.5. The average molecular weight is 226 g/mol. The molecule has 0 aliphatic carbocycles. The van der Waals surface area contributed by atoms with Crippen molar-refractivity contribution in [1.29, 1.82) is 0 Å². The standard InChI is InChI=1S/C15H18N2/c1-11-6-5-7-12(8-11)13-9-17-14(10-16-13)15(2,3)4/h5-10H,1-4H3. The Morgan fingerprint density at radius 1 is 1.00 bits per heavy atom. The van der Waals surface area contributed by atoms with Crippen LogP contribution in [0.25, 0.3) is 11.3 Å². The minimum absolute atomic E-state index is 0.0537. The average Bonchev–Trinajstić information content (AvgIpc) is 2.28. The summed E-state index contributed by atoms with van der Waals surface area (Å²) in [5, 5.41) is 0. The number of nitrogens with zero attached hydrogens (tertiary/aromatic N) is 2. The molecule has 0 fully saturated rings. The first-order chi connectivity index (χ1) is 7.97. The lowest BCUT2D eigenvalue weighted by Gasteiger charge is -2.16. The molecule has 2 aromatic rings. The van der Waals surface area contributed by atoms with E-state index in [4.69, 9.17) is 0 Å². The number of aryl methyl sites for hydroxylation is 1. The highest BCUT2D eigenvalue weighted by atomic mass is 14.8. The number of benzene rings is 1. The summed E-state index contributed by atoms with van der Waals surface area (Å²) >= 11 is 0. The third-order valence-corrected chi connectivity index (χ3v) is 2.73. The summed E-state index contributed by atoms with van der Waals surface area (Å²) in [7, 11) is 0. The Balaban J connectivity index is 2.36. The molecule has 2 nitrogen and oxygen atoms in total. The van der Waals surface area contributed by atoms with Crippen LogP contribution in [0.15, 0.2) is 36.7 Å². The lowest BCUT2D eigenvalue weighted by Crippen LogP contribution is -2.13. The highest BCUT2D eigenvalue weighted by molar-refractivity contribution is 5.58. The van der Waals surface area contributed by atoms with E-state index >= 15 is 0 Å². The van der Waals surface area contributed by atoms with Crippen LogP contribution in [0.4, 0.5) is 0 Å². The fourth-order valence-corrected chi connectivity index (χ4v) is 1.67. The molecule has 0 aliphatic heterocycles. The number of hydrogen-bond donors (Lipinski definition) is 0. The van der Waals surface area contributed by atoms with Crippen molar-refractivity contribution >= 4 is 0 Å². The molecule has 0 aliphatic rings. The van der Waals surface area contributed by atoms with Crippen LogP contribution >= 0.6 is 0 Å². The van der Waals surface area contributed by atoms with E-state index in [9.17, 15) is 0 Å². The molecule has 2 rings (SSSR count). The summed E-state index contributed by atoms with van der Waals surface area (Å²) in [5.41, 5.74) is 4.37. The van der Waals surface area contributed by atoms with E-state index in [-0.39, 0.29) is 5.41 Å². The summed E-state index contributed by atoms with van der Waals surface area (Å²) in [6.45, 7) is 8.51. The van der Waals surface area contributed by atoms with Crippen LogP contribution in [0.1, 0.15) is 32.0 Å². The summed E-state index contributed by atoms with van der Waals surface area (Å²) in [6, 6.07) is 8.32. The van der Waals surface area contributed by atoms with Gasteiger partial charge in [-0.15, -0.1) is 0 Å². The summed E-state index contributed by atoms with van der Waals surface area (Å²) < 4.78 is 0. The highest BCUT2D eigenvalue weighted by Gasteiger charge is 2.15. The predicted octanol–water partition coefficient (Wildman–Crippen LogP) is 3.75. The Morgan fingerprint density at radius 2 is 1.76 bits per heavy atom. The topological polar surface area (TPSA) is 25.8 Å². The van der Waals surface area contributed by atoms with Gasteiger partial charge in [0.25, 0.3) is 0 Å². The Hall–Kier alpha value is -1.70. The smallest absolute Gasteiger partial charge is 0.0885 e. The molecule has 0 bridgehead atoms. The van der Waals surface area contributed by atoms with Crippen molar-refractivity contribution in [3.63, 3.8) is 0 Å². The molecule has 0 spiro atoms. The van der Waals surface area contributed by atoms with E-state index in [2.05, 4.69) is 55.9 Å². The molecule has 1 aromatic carbocycles. The van der Waals surface area contributed by atoms with Crippen molar-refractivity contribution in [3.8, 4) is 11.3 Å². The van der Waals surface area contributed by atoms with Crippen LogP contribution in [-0.2, 0) is 5.41 Å². The van der Waals surface area contributed by atoms with Crippen molar-refractivity contribution in [1.82, 2.24) is 9.97 Å². The number of hydrogen-bond acceptors (Lipinski definition) is 2. The largest absolute Gasteiger partial charge is 0.257 e. The van der Waals surface area contributed by atoms with Crippen LogP contribution in [0.5, 0.6) is 0 Å². The zero-order valence-electron chi connectivity index (χ0n) is 10.9.